The molecule has 19 heavy (non-hydrogen) atoms. The second kappa shape index (κ2) is 5.35. The van der Waals surface area contributed by atoms with Gasteiger partial charge in [0, 0.05) is 17.3 Å². The van der Waals surface area contributed by atoms with Crippen LogP contribution in [-0.4, -0.2) is 20.9 Å². The van der Waals surface area contributed by atoms with Crippen LogP contribution in [0.15, 0.2) is 0 Å². The summed E-state index contributed by atoms with van der Waals surface area (Å²) < 4.78 is 2.11. The van der Waals surface area contributed by atoms with Crippen molar-refractivity contribution >= 4 is 5.97 Å². The number of carbonyl (C=O) groups is 1. The Morgan fingerprint density at radius 2 is 2.11 bits per heavy atom. The second-order valence-corrected chi connectivity index (χ2v) is 6.13. The number of hydrogen-bond donors (Lipinski definition) is 1. The Balaban J connectivity index is 2.50. The van der Waals surface area contributed by atoms with E-state index in [2.05, 4.69) is 32.4 Å². The van der Waals surface area contributed by atoms with E-state index >= 15 is 0 Å². The standard InChI is InChI=1S/C15H24N2O2/c1-9(2)15-14-11(8-13(18)19)6-5-7-12(14)17(16-15)10(3)4/h9-11H,5-8H2,1-4H3,(H,18,19). The van der Waals surface area contributed by atoms with Crippen molar-refractivity contribution in [2.45, 2.75) is 71.3 Å². The molecule has 0 bridgehead atoms. The van der Waals surface area contributed by atoms with Crippen molar-refractivity contribution in [2.24, 2.45) is 0 Å². The van der Waals surface area contributed by atoms with E-state index in [9.17, 15) is 4.79 Å². The lowest BCUT2D eigenvalue weighted by Crippen LogP contribution is -2.16. The van der Waals surface area contributed by atoms with E-state index < -0.39 is 5.97 Å². The van der Waals surface area contributed by atoms with Gasteiger partial charge < -0.3 is 5.11 Å². The summed E-state index contributed by atoms with van der Waals surface area (Å²) >= 11 is 0. The van der Waals surface area contributed by atoms with Crippen molar-refractivity contribution in [3.63, 3.8) is 0 Å². The third kappa shape index (κ3) is 2.67. The predicted molar refractivity (Wildman–Crippen MR) is 74.6 cm³/mol. The number of fused-ring (bicyclic) bond motifs is 1. The number of aromatic nitrogens is 2. The fraction of sp³-hybridized carbons (Fsp3) is 0.733. The molecule has 0 fully saturated rings. The minimum atomic E-state index is -0.704. The zero-order chi connectivity index (χ0) is 14.2. The van der Waals surface area contributed by atoms with Gasteiger partial charge in [-0.3, -0.25) is 9.48 Å². The first-order chi connectivity index (χ1) is 8.91. The van der Waals surface area contributed by atoms with Gasteiger partial charge in [0.2, 0.25) is 0 Å². The highest BCUT2D eigenvalue weighted by molar-refractivity contribution is 5.68. The number of carboxylic acid groups (broad SMARTS) is 1. The number of rotatable bonds is 4. The summed E-state index contributed by atoms with van der Waals surface area (Å²) in [6, 6.07) is 0.338. The van der Waals surface area contributed by atoms with E-state index in [1.807, 2.05) is 0 Å². The first kappa shape index (κ1) is 14.1. The Morgan fingerprint density at radius 3 is 2.63 bits per heavy atom. The molecular formula is C15H24N2O2. The van der Waals surface area contributed by atoms with E-state index in [4.69, 9.17) is 10.2 Å². The molecule has 0 amide bonds. The number of nitrogens with zero attached hydrogens (tertiary/aromatic N) is 2. The summed E-state index contributed by atoms with van der Waals surface area (Å²) in [6.45, 7) is 8.55. The molecule has 106 valence electrons. The Morgan fingerprint density at radius 1 is 1.42 bits per heavy atom. The Hall–Kier alpha value is -1.32. The van der Waals surface area contributed by atoms with E-state index in [-0.39, 0.29) is 12.3 Å². The molecule has 0 spiro atoms. The summed E-state index contributed by atoms with van der Waals surface area (Å²) in [6.07, 6.45) is 3.31. The average molecular weight is 264 g/mol. The monoisotopic (exact) mass is 264 g/mol. The lowest BCUT2D eigenvalue weighted by Gasteiger charge is -2.24. The summed E-state index contributed by atoms with van der Waals surface area (Å²) in [4.78, 5) is 11.1. The largest absolute Gasteiger partial charge is 0.481 e. The van der Waals surface area contributed by atoms with Crippen LogP contribution in [0.3, 0.4) is 0 Å². The van der Waals surface area contributed by atoms with Gasteiger partial charge >= 0.3 is 5.97 Å². The molecule has 4 heteroatoms. The van der Waals surface area contributed by atoms with Crippen molar-refractivity contribution in [1.82, 2.24) is 9.78 Å². The van der Waals surface area contributed by atoms with Crippen LogP contribution in [0.5, 0.6) is 0 Å². The third-order valence-electron chi connectivity index (χ3n) is 3.91. The maximum atomic E-state index is 11.1. The lowest BCUT2D eigenvalue weighted by molar-refractivity contribution is -0.137. The van der Waals surface area contributed by atoms with Crippen LogP contribution in [0.25, 0.3) is 0 Å². The highest BCUT2D eigenvalue weighted by Gasteiger charge is 2.31. The molecule has 1 N–H and O–H groups in total. The van der Waals surface area contributed by atoms with Gasteiger partial charge in [0.25, 0.3) is 0 Å². The predicted octanol–water partition coefficient (Wildman–Crippen LogP) is 3.48. The van der Waals surface area contributed by atoms with Crippen LogP contribution < -0.4 is 0 Å². The number of aliphatic carboxylic acids is 1. The zero-order valence-corrected chi connectivity index (χ0v) is 12.3. The molecule has 0 aliphatic heterocycles. The molecule has 4 nitrogen and oxygen atoms in total. The fourth-order valence-electron chi connectivity index (χ4n) is 3.12. The fourth-order valence-corrected chi connectivity index (χ4v) is 3.12. The van der Waals surface area contributed by atoms with Crippen molar-refractivity contribution in [1.29, 1.82) is 0 Å². The van der Waals surface area contributed by atoms with Crippen molar-refractivity contribution < 1.29 is 9.90 Å². The first-order valence-corrected chi connectivity index (χ1v) is 7.24. The van der Waals surface area contributed by atoms with Gasteiger partial charge in [-0.15, -0.1) is 0 Å². The van der Waals surface area contributed by atoms with Crippen molar-refractivity contribution in [3.8, 4) is 0 Å². The molecule has 1 aromatic rings. The van der Waals surface area contributed by atoms with Gasteiger partial charge in [0.1, 0.15) is 0 Å². The van der Waals surface area contributed by atoms with E-state index in [0.717, 1.165) is 25.0 Å². The molecule has 0 radical (unpaired) electrons. The smallest absolute Gasteiger partial charge is 0.303 e. The molecule has 2 rings (SSSR count). The molecule has 1 heterocycles. The Kier molecular flexibility index (Phi) is 3.97. The Bertz CT molecular complexity index is 475. The van der Waals surface area contributed by atoms with Crippen LogP contribution in [0.2, 0.25) is 0 Å². The van der Waals surface area contributed by atoms with Gasteiger partial charge in [-0.2, -0.15) is 5.10 Å². The molecule has 1 aliphatic carbocycles. The molecule has 0 aromatic carbocycles. The van der Waals surface area contributed by atoms with Crippen LogP contribution in [0.1, 0.15) is 81.8 Å². The topological polar surface area (TPSA) is 55.1 Å². The molecule has 1 aromatic heterocycles. The quantitative estimate of drug-likeness (QED) is 0.905. The highest BCUT2D eigenvalue weighted by Crippen LogP contribution is 2.39. The average Bonchev–Trinajstić information content (AvgIpc) is 2.68. The van der Waals surface area contributed by atoms with Gasteiger partial charge in [-0.1, -0.05) is 13.8 Å². The van der Waals surface area contributed by atoms with Crippen molar-refractivity contribution in [3.05, 3.63) is 17.0 Å². The van der Waals surface area contributed by atoms with E-state index in [1.165, 1.54) is 11.3 Å². The molecule has 1 aliphatic rings. The van der Waals surface area contributed by atoms with Crippen LogP contribution in [0.4, 0.5) is 0 Å². The maximum Gasteiger partial charge on any atom is 0.303 e. The molecule has 0 saturated heterocycles. The molecule has 1 unspecified atom stereocenters. The SMILES string of the molecule is CC(C)c1nn(C(C)C)c2c1C(CC(=O)O)CCC2. The summed E-state index contributed by atoms with van der Waals surface area (Å²) in [7, 11) is 0. The van der Waals surface area contributed by atoms with Crippen LogP contribution in [-0.2, 0) is 11.2 Å². The first-order valence-electron chi connectivity index (χ1n) is 7.24. The molecule has 1 atom stereocenters. The van der Waals surface area contributed by atoms with Crippen molar-refractivity contribution in [2.75, 3.05) is 0 Å². The number of carboxylic acids is 1. The van der Waals surface area contributed by atoms with Gasteiger partial charge in [0.05, 0.1) is 12.1 Å². The van der Waals surface area contributed by atoms with E-state index in [0.29, 0.717) is 12.0 Å². The lowest BCUT2D eigenvalue weighted by atomic mass is 9.81. The maximum absolute atomic E-state index is 11.1. The van der Waals surface area contributed by atoms with E-state index in [1.54, 1.807) is 0 Å². The van der Waals surface area contributed by atoms with Crippen LogP contribution >= 0.6 is 0 Å². The second-order valence-electron chi connectivity index (χ2n) is 6.13. The zero-order valence-electron chi connectivity index (χ0n) is 12.3. The molecule has 0 saturated carbocycles. The highest BCUT2D eigenvalue weighted by atomic mass is 16.4. The van der Waals surface area contributed by atoms with Gasteiger partial charge in [-0.25, -0.2) is 0 Å². The summed E-state index contributed by atoms with van der Waals surface area (Å²) in [5, 5.41) is 13.9. The minimum absolute atomic E-state index is 0.145. The summed E-state index contributed by atoms with van der Waals surface area (Å²) in [5.74, 6) is -0.209. The molecular weight excluding hydrogens is 240 g/mol. The normalized spacial score (nSPS) is 18.9. The van der Waals surface area contributed by atoms with Gasteiger partial charge in [-0.05, 0) is 44.9 Å². The third-order valence-corrected chi connectivity index (χ3v) is 3.91. The Labute approximate surface area is 114 Å². The summed E-state index contributed by atoms with van der Waals surface area (Å²) in [5.41, 5.74) is 3.61. The minimum Gasteiger partial charge on any atom is -0.481 e. The van der Waals surface area contributed by atoms with Crippen LogP contribution in [0, 0.1) is 0 Å². The van der Waals surface area contributed by atoms with Gasteiger partial charge in [0.15, 0.2) is 0 Å². The number of hydrogen-bond acceptors (Lipinski definition) is 2.